The molecule has 1 aliphatic heterocycles. The second kappa shape index (κ2) is 5.97. The lowest BCUT2D eigenvalue weighted by atomic mass is 10.2. The van der Waals surface area contributed by atoms with Crippen molar-refractivity contribution in [1.29, 1.82) is 0 Å². The van der Waals surface area contributed by atoms with E-state index in [1.54, 1.807) is 0 Å². The number of benzene rings is 1. The molecular weight excluding hydrogens is 377 g/mol. The second-order valence-electron chi connectivity index (χ2n) is 4.10. The van der Waals surface area contributed by atoms with Crippen molar-refractivity contribution in [3.8, 4) is 0 Å². The van der Waals surface area contributed by atoms with Crippen LogP contribution in [0.5, 0.6) is 0 Å². The topological polar surface area (TPSA) is 63.7 Å². The first kappa shape index (κ1) is 15.7. The summed E-state index contributed by atoms with van der Waals surface area (Å²) in [5, 5.41) is 0. The molecule has 1 saturated heterocycles. The Hall–Kier alpha value is -0.700. The fraction of sp³-hybridized carbons (Fsp3) is 0.364. The first-order valence-electron chi connectivity index (χ1n) is 5.61. The van der Waals surface area contributed by atoms with Gasteiger partial charge >= 0.3 is 0 Å². The number of morpholine rings is 1. The zero-order valence-corrected chi connectivity index (χ0v) is 13.3. The normalized spacial score (nSPS) is 16.2. The van der Waals surface area contributed by atoms with Gasteiger partial charge in [0.2, 0.25) is 0 Å². The molecule has 0 saturated carbocycles. The van der Waals surface area contributed by atoms with Gasteiger partial charge in [-0.15, -0.1) is 0 Å². The molecule has 0 aromatic heterocycles. The number of ether oxygens (including phenoxy) is 1. The molecule has 0 atom stereocenters. The Balaban J connectivity index is 2.43. The smallest absolute Gasteiger partial charge is 0.264 e. The van der Waals surface area contributed by atoms with Crippen molar-refractivity contribution in [3.63, 3.8) is 0 Å². The predicted octanol–water partition coefficient (Wildman–Crippen LogP) is 1.99. The third kappa shape index (κ3) is 3.30. The van der Waals surface area contributed by atoms with Crippen LogP contribution in [0.4, 0.5) is 4.39 Å². The highest BCUT2D eigenvalue weighted by Gasteiger charge is 2.25. The Morgan fingerprint density at radius 2 is 1.95 bits per heavy atom. The Morgan fingerprint density at radius 3 is 2.50 bits per heavy atom. The summed E-state index contributed by atoms with van der Waals surface area (Å²) >= 11 is 3.06. The minimum atomic E-state index is -4.26. The van der Waals surface area contributed by atoms with Gasteiger partial charge in [-0.2, -0.15) is 0 Å². The molecule has 1 amide bonds. The first-order valence-corrected chi connectivity index (χ1v) is 8.71. The molecule has 0 aliphatic carbocycles. The molecule has 0 bridgehead atoms. The number of nitrogens with zero attached hydrogens (tertiary/aromatic N) is 1. The lowest BCUT2D eigenvalue weighted by molar-refractivity contribution is 0.0302. The molecule has 1 fully saturated rings. The molecule has 2 rings (SSSR count). The number of halogens is 3. The maximum Gasteiger partial charge on any atom is 0.264 e. The van der Waals surface area contributed by atoms with Crippen LogP contribution in [0.25, 0.3) is 0 Å². The standard InChI is InChI=1S/C11H10BrClFNO4S/c12-8-6-9(14)10(20(13,17)18)5-7(8)11(16)15-1-3-19-4-2-15/h5-6H,1-4H2. The van der Waals surface area contributed by atoms with E-state index < -0.39 is 25.7 Å². The van der Waals surface area contributed by atoms with Gasteiger partial charge in [0.25, 0.3) is 15.0 Å². The fourth-order valence-electron chi connectivity index (χ4n) is 1.82. The van der Waals surface area contributed by atoms with Crippen molar-refractivity contribution in [2.75, 3.05) is 26.3 Å². The van der Waals surface area contributed by atoms with Crippen LogP contribution in [0.1, 0.15) is 10.4 Å². The largest absolute Gasteiger partial charge is 0.378 e. The van der Waals surface area contributed by atoms with Crippen molar-refractivity contribution in [2.45, 2.75) is 4.90 Å². The zero-order chi connectivity index (χ0) is 14.9. The maximum atomic E-state index is 13.6. The summed E-state index contributed by atoms with van der Waals surface area (Å²) in [6.07, 6.45) is 0. The van der Waals surface area contributed by atoms with Crippen molar-refractivity contribution < 1.29 is 22.3 Å². The molecule has 1 aliphatic rings. The summed E-state index contributed by atoms with van der Waals surface area (Å²) in [5.41, 5.74) is 0.0486. The molecular formula is C11H10BrClFNO4S. The van der Waals surface area contributed by atoms with Gasteiger partial charge in [-0.05, 0) is 28.1 Å². The van der Waals surface area contributed by atoms with Crippen molar-refractivity contribution in [1.82, 2.24) is 4.90 Å². The van der Waals surface area contributed by atoms with Gasteiger partial charge in [0, 0.05) is 28.2 Å². The quantitative estimate of drug-likeness (QED) is 0.729. The van der Waals surface area contributed by atoms with Crippen LogP contribution in [-0.4, -0.2) is 45.5 Å². The predicted molar refractivity (Wildman–Crippen MR) is 73.9 cm³/mol. The summed E-state index contributed by atoms with van der Waals surface area (Å²) in [7, 11) is 0.895. The van der Waals surface area contributed by atoms with Crippen molar-refractivity contribution in [2.24, 2.45) is 0 Å². The Kier molecular flexibility index (Phi) is 4.68. The van der Waals surface area contributed by atoms with Gasteiger partial charge in [-0.25, -0.2) is 12.8 Å². The van der Waals surface area contributed by atoms with E-state index in [2.05, 4.69) is 15.9 Å². The summed E-state index contributed by atoms with van der Waals surface area (Å²) in [6, 6.07) is 1.86. The molecule has 1 aromatic rings. The van der Waals surface area contributed by atoms with E-state index >= 15 is 0 Å². The summed E-state index contributed by atoms with van der Waals surface area (Å²) in [5.74, 6) is -1.41. The number of hydrogen-bond acceptors (Lipinski definition) is 4. The lowest BCUT2D eigenvalue weighted by Gasteiger charge is -2.27. The Labute approximate surface area is 128 Å². The molecule has 1 heterocycles. The zero-order valence-electron chi connectivity index (χ0n) is 10.1. The van der Waals surface area contributed by atoms with Crippen LogP contribution < -0.4 is 0 Å². The monoisotopic (exact) mass is 385 g/mol. The highest BCUT2D eigenvalue weighted by atomic mass is 79.9. The van der Waals surface area contributed by atoms with E-state index in [4.69, 9.17) is 15.4 Å². The van der Waals surface area contributed by atoms with Gasteiger partial charge in [0.1, 0.15) is 10.7 Å². The van der Waals surface area contributed by atoms with E-state index in [0.717, 1.165) is 12.1 Å². The van der Waals surface area contributed by atoms with E-state index in [9.17, 15) is 17.6 Å². The molecule has 0 unspecified atom stereocenters. The number of rotatable bonds is 2. The molecule has 5 nitrogen and oxygen atoms in total. The molecule has 20 heavy (non-hydrogen) atoms. The highest BCUT2D eigenvalue weighted by Crippen LogP contribution is 2.27. The minimum absolute atomic E-state index is 0.0486. The summed E-state index contributed by atoms with van der Waals surface area (Å²) < 4.78 is 41.5. The van der Waals surface area contributed by atoms with Gasteiger partial charge in [0.05, 0.1) is 18.8 Å². The lowest BCUT2D eigenvalue weighted by Crippen LogP contribution is -2.40. The van der Waals surface area contributed by atoms with E-state index in [-0.39, 0.29) is 10.0 Å². The number of carbonyl (C=O) groups excluding carboxylic acids is 1. The minimum Gasteiger partial charge on any atom is -0.378 e. The van der Waals surface area contributed by atoms with Crippen LogP contribution in [0.3, 0.4) is 0 Å². The van der Waals surface area contributed by atoms with Crippen LogP contribution in [-0.2, 0) is 13.8 Å². The van der Waals surface area contributed by atoms with Gasteiger partial charge in [0.15, 0.2) is 0 Å². The Morgan fingerprint density at radius 1 is 1.35 bits per heavy atom. The molecule has 110 valence electrons. The van der Waals surface area contributed by atoms with Gasteiger partial charge in [-0.3, -0.25) is 4.79 Å². The second-order valence-corrected chi connectivity index (χ2v) is 7.49. The average Bonchev–Trinajstić information content (AvgIpc) is 2.37. The maximum absolute atomic E-state index is 13.6. The van der Waals surface area contributed by atoms with E-state index in [1.165, 1.54) is 4.90 Å². The van der Waals surface area contributed by atoms with Crippen LogP contribution in [0, 0.1) is 5.82 Å². The Bertz CT molecular complexity index is 646. The van der Waals surface area contributed by atoms with Crippen molar-refractivity contribution in [3.05, 3.63) is 28.0 Å². The first-order chi connectivity index (χ1) is 9.30. The number of amides is 1. The number of carbonyl (C=O) groups is 1. The van der Waals surface area contributed by atoms with Gasteiger partial charge < -0.3 is 9.64 Å². The van der Waals surface area contributed by atoms with E-state index in [0.29, 0.717) is 26.3 Å². The summed E-state index contributed by atoms with van der Waals surface area (Å²) in [6.45, 7) is 1.60. The fourth-order valence-corrected chi connectivity index (χ4v) is 3.21. The third-order valence-corrected chi connectivity index (χ3v) is 4.81. The summed E-state index contributed by atoms with van der Waals surface area (Å²) in [4.78, 5) is 13.1. The molecule has 0 radical (unpaired) electrons. The van der Waals surface area contributed by atoms with E-state index in [1.807, 2.05) is 0 Å². The molecule has 0 spiro atoms. The highest BCUT2D eigenvalue weighted by molar-refractivity contribution is 9.10. The van der Waals surface area contributed by atoms with Crippen molar-refractivity contribution >= 4 is 41.6 Å². The average molecular weight is 387 g/mol. The molecule has 9 heteroatoms. The molecule has 1 aromatic carbocycles. The third-order valence-electron chi connectivity index (χ3n) is 2.81. The van der Waals surface area contributed by atoms with Gasteiger partial charge in [-0.1, -0.05) is 0 Å². The van der Waals surface area contributed by atoms with Crippen LogP contribution >= 0.6 is 26.6 Å². The number of hydrogen-bond donors (Lipinski definition) is 0. The van der Waals surface area contributed by atoms with Crippen LogP contribution in [0.2, 0.25) is 0 Å². The molecule has 0 N–H and O–H groups in total. The van der Waals surface area contributed by atoms with Crippen LogP contribution in [0.15, 0.2) is 21.5 Å². The SMILES string of the molecule is O=C(c1cc(S(=O)(=O)Cl)c(F)cc1Br)N1CCOCC1.